The largest absolute Gasteiger partial charge is 0.496 e. The van der Waals surface area contributed by atoms with Crippen molar-refractivity contribution >= 4 is 6.03 Å². The number of urea groups is 1. The predicted molar refractivity (Wildman–Crippen MR) is 91.1 cm³/mol. The van der Waals surface area contributed by atoms with E-state index in [0.29, 0.717) is 32.7 Å². The molecule has 0 saturated carbocycles. The minimum Gasteiger partial charge on any atom is -0.496 e. The highest BCUT2D eigenvalue weighted by Gasteiger charge is 2.15. The van der Waals surface area contributed by atoms with Crippen LogP contribution in [0.5, 0.6) is 5.75 Å². The van der Waals surface area contributed by atoms with Crippen molar-refractivity contribution in [3.05, 3.63) is 54.0 Å². The highest BCUT2D eigenvalue weighted by Crippen LogP contribution is 2.17. The number of carbonyl (C=O) groups is 1. The molecular weight excluding hydrogens is 308 g/mol. The summed E-state index contributed by atoms with van der Waals surface area (Å²) in [4.78, 5) is 14.1. The van der Waals surface area contributed by atoms with E-state index in [2.05, 4.69) is 5.32 Å². The van der Waals surface area contributed by atoms with Gasteiger partial charge in [-0.25, -0.2) is 4.79 Å². The Morgan fingerprint density at radius 3 is 2.75 bits per heavy atom. The van der Waals surface area contributed by atoms with Crippen molar-refractivity contribution in [3.63, 3.8) is 0 Å². The third-order valence-corrected chi connectivity index (χ3v) is 3.64. The molecule has 0 aliphatic carbocycles. The van der Waals surface area contributed by atoms with Crippen molar-refractivity contribution in [1.29, 1.82) is 0 Å². The van der Waals surface area contributed by atoms with E-state index < -0.39 is 0 Å². The molecule has 0 spiro atoms. The Morgan fingerprint density at radius 2 is 2.04 bits per heavy atom. The summed E-state index contributed by atoms with van der Waals surface area (Å²) in [5, 5.41) is 2.94. The molecule has 0 bridgehead atoms. The summed E-state index contributed by atoms with van der Waals surface area (Å²) in [6, 6.07) is 11.3. The van der Waals surface area contributed by atoms with Crippen LogP contribution >= 0.6 is 0 Å². The number of nitrogens with zero attached hydrogens (tertiary/aromatic N) is 1. The highest BCUT2D eigenvalue weighted by atomic mass is 16.5. The van der Waals surface area contributed by atoms with Crippen molar-refractivity contribution in [2.75, 3.05) is 33.9 Å². The number of amides is 2. The molecule has 0 radical (unpaired) electrons. The number of carbonyl (C=O) groups excluding carboxylic acids is 1. The van der Waals surface area contributed by atoms with Crippen molar-refractivity contribution in [2.24, 2.45) is 0 Å². The van der Waals surface area contributed by atoms with Gasteiger partial charge >= 0.3 is 6.03 Å². The first kappa shape index (κ1) is 17.9. The molecule has 0 atom stereocenters. The van der Waals surface area contributed by atoms with Gasteiger partial charge in [0.2, 0.25) is 0 Å². The first-order valence-corrected chi connectivity index (χ1v) is 7.90. The van der Waals surface area contributed by atoms with E-state index in [9.17, 15) is 4.79 Å². The molecule has 130 valence electrons. The number of furan rings is 1. The maximum atomic E-state index is 12.4. The Kier molecular flexibility index (Phi) is 7.17. The third kappa shape index (κ3) is 5.31. The van der Waals surface area contributed by atoms with Gasteiger partial charge in [-0.2, -0.15) is 0 Å². The fraction of sp³-hybridized carbons (Fsp3) is 0.389. The van der Waals surface area contributed by atoms with Crippen LogP contribution in [-0.2, 0) is 17.7 Å². The molecule has 1 N–H and O–H groups in total. The molecule has 6 heteroatoms. The number of methoxy groups -OCH3 is 2. The summed E-state index contributed by atoms with van der Waals surface area (Å²) in [5.74, 6) is 1.57. The maximum Gasteiger partial charge on any atom is 0.317 e. The standard InChI is InChI=1S/C18H24N2O4/c1-22-13-11-20(14-16-7-5-12-24-16)18(21)19-10-9-15-6-3-4-8-17(15)23-2/h3-8,12H,9-11,13-14H2,1-2H3,(H,19,21). The minimum absolute atomic E-state index is 0.140. The van der Waals surface area contributed by atoms with Crippen LogP contribution in [0, 0.1) is 0 Å². The van der Waals surface area contributed by atoms with E-state index in [4.69, 9.17) is 13.9 Å². The molecule has 0 saturated heterocycles. The lowest BCUT2D eigenvalue weighted by Gasteiger charge is -2.22. The summed E-state index contributed by atoms with van der Waals surface area (Å²) >= 11 is 0. The van der Waals surface area contributed by atoms with E-state index in [1.807, 2.05) is 36.4 Å². The molecule has 0 aliphatic rings. The molecule has 2 amide bonds. The molecule has 0 fully saturated rings. The zero-order valence-electron chi connectivity index (χ0n) is 14.2. The second-order valence-corrected chi connectivity index (χ2v) is 5.29. The highest BCUT2D eigenvalue weighted by molar-refractivity contribution is 5.74. The first-order chi connectivity index (χ1) is 11.7. The van der Waals surface area contributed by atoms with Gasteiger partial charge in [0.05, 0.1) is 26.5 Å². The summed E-state index contributed by atoms with van der Waals surface area (Å²) in [6.45, 7) is 1.91. The van der Waals surface area contributed by atoms with E-state index >= 15 is 0 Å². The van der Waals surface area contributed by atoms with Crippen LogP contribution in [0.3, 0.4) is 0 Å². The summed E-state index contributed by atoms with van der Waals surface area (Å²) in [7, 11) is 3.26. The second-order valence-electron chi connectivity index (χ2n) is 5.29. The van der Waals surface area contributed by atoms with Gasteiger partial charge < -0.3 is 24.1 Å². The third-order valence-electron chi connectivity index (χ3n) is 3.64. The normalized spacial score (nSPS) is 10.4. The number of para-hydroxylation sites is 1. The molecule has 2 aromatic rings. The quantitative estimate of drug-likeness (QED) is 0.767. The lowest BCUT2D eigenvalue weighted by atomic mass is 10.1. The van der Waals surface area contributed by atoms with Gasteiger partial charge in [-0.1, -0.05) is 18.2 Å². The second kappa shape index (κ2) is 9.62. The Morgan fingerprint density at radius 1 is 1.21 bits per heavy atom. The van der Waals surface area contributed by atoms with E-state index in [1.165, 1.54) is 0 Å². The van der Waals surface area contributed by atoms with Crippen LogP contribution in [0.25, 0.3) is 0 Å². The van der Waals surface area contributed by atoms with Gasteiger partial charge in [-0.05, 0) is 30.2 Å². The van der Waals surface area contributed by atoms with Crippen LogP contribution in [-0.4, -0.2) is 44.8 Å². The Hall–Kier alpha value is -2.47. The van der Waals surface area contributed by atoms with Gasteiger partial charge in [0.15, 0.2) is 0 Å². The molecule has 24 heavy (non-hydrogen) atoms. The topological polar surface area (TPSA) is 63.9 Å². The maximum absolute atomic E-state index is 12.4. The van der Waals surface area contributed by atoms with Gasteiger partial charge in [0.25, 0.3) is 0 Å². The van der Waals surface area contributed by atoms with Crippen LogP contribution < -0.4 is 10.1 Å². The van der Waals surface area contributed by atoms with Crippen LogP contribution in [0.1, 0.15) is 11.3 Å². The van der Waals surface area contributed by atoms with Crippen molar-refractivity contribution < 1.29 is 18.7 Å². The molecule has 0 aliphatic heterocycles. The lowest BCUT2D eigenvalue weighted by molar-refractivity contribution is 0.143. The van der Waals surface area contributed by atoms with E-state index in [0.717, 1.165) is 17.1 Å². The average molecular weight is 332 g/mol. The SMILES string of the molecule is COCCN(Cc1ccco1)C(=O)NCCc1ccccc1OC. The molecular formula is C18H24N2O4. The Labute approximate surface area is 142 Å². The number of hydrogen-bond donors (Lipinski definition) is 1. The number of hydrogen-bond acceptors (Lipinski definition) is 4. The monoisotopic (exact) mass is 332 g/mol. The van der Waals surface area contributed by atoms with Crippen LogP contribution in [0.15, 0.2) is 47.1 Å². The molecule has 2 rings (SSSR count). The van der Waals surface area contributed by atoms with Crippen LogP contribution in [0.4, 0.5) is 4.79 Å². The zero-order chi connectivity index (χ0) is 17.2. The number of rotatable bonds is 9. The zero-order valence-corrected chi connectivity index (χ0v) is 14.2. The van der Waals surface area contributed by atoms with Gasteiger partial charge in [0, 0.05) is 20.2 Å². The predicted octanol–water partition coefficient (Wildman–Crippen LogP) is 2.69. The van der Waals surface area contributed by atoms with Crippen molar-refractivity contribution in [2.45, 2.75) is 13.0 Å². The minimum atomic E-state index is -0.140. The average Bonchev–Trinajstić information content (AvgIpc) is 3.12. The van der Waals surface area contributed by atoms with Gasteiger partial charge in [-0.15, -0.1) is 0 Å². The van der Waals surface area contributed by atoms with E-state index in [1.54, 1.807) is 25.4 Å². The summed E-state index contributed by atoms with van der Waals surface area (Å²) < 4.78 is 15.7. The number of benzene rings is 1. The lowest BCUT2D eigenvalue weighted by Crippen LogP contribution is -2.41. The first-order valence-electron chi connectivity index (χ1n) is 7.90. The van der Waals surface area contributed by atoms with Crippen LogP contribution in [0.2, 0.25) is 0 Å². The molecule has 6 nitrogen and oxygen atoms in total. The summed E-state index contributed by atoms with van der Waals surface area (Å²) in [6.07, 6.45) is 2.30. The molecule has 1 aromatic heterocycles. The fourth-order valence-corrected chi connectivity index (χ4v) is 2.37. The van der Waals surface area contributed by atoms with Crippen molar-refractivity contribution in [3.8, 4) is 5.75 Å². The number of ether oxygens (including phenoxy) is 2. The molecule has 1 aromatic carbocycles. The van der Waals surface area contributed by atoms with Gasteiger partial charge in [-0.3, -0.25) is 0 Å². The number of nitrogens with one attached hydrogen (secondary N) is 1. The van der Waals surface area contributed by atoms with Crippen molar-refractivity contribution in [1.82, 2.24) is 10.2 Å². The fourth-order valence-electron chi connectivity index (χ4n) is 2.37. The Balaban J connectivity index is 1.87. The Bertz CT molecular complexity index is 613. The smallest absolute Gasteiger partial charge is 0.317 e. The molecule has 1 heterocycles. The summed E-state index contributed by atoms with van der Waals surface area (Å²) in [5.41, 5.74) is 1.06. The van der Waals surface area contributed by atoms with Gasteiger partial charge in [0.1, 0.15) is 11.5 Å². The molecule has 0 unspecified atom stereocenters. The van der Waals surface area contributed by atoms with E-state index in [-0.39, 0.29) is 6.03 Å².